The van der Waals surface area contributed by atoms with Gasteiger partial charge in [0.1, 0.15) is 5.82 Å². The summed E-state index contributed by atoms with van der Waals surface area (Å²) in [5, 5.41) is 5.73. The van der Waals surface area contributed by atoms with E-state index in [1.807, 2.05) is 24.3 Å². The monoisotopic (exact) mass is 445 g/mol. The topological polar surface area (TPSA) is 120 Å². The summed E-state index contributed by atoms with van der Waals surface area (Å²) >= 11 is 0. The number of carbonyl (C=O) groups excluding carboxylic acids is 1. The molecule has 2 aromatic rings. The second-order valence-electron chi connectivity index (χ2n) is 8.45. The lowest BCUT2D eigenvalue weighted by Crippen LogP contribution is -2.44. The highest BCUT2D eigenvalue weighted by Gasteiger charge is 2.34. The summed E-state index contributed by atoms with van der Waals surface area (Å²) in [6.45, 7) is 3.99. The zero-order valence-electron chi connectivity index (χ0n) is 17.4. The van der Waals surface area contributed by atoms with Gasteiger partial charge in [-0.2, -0.15) is 10.6 Å². The molecule has 3 aliphatic rings. The number of ether oxygens (including phenoxy) is 1. The van der Waals surface area contributed by atoms with Crippen LogP contribution in [-0.4, -0.2) is 56.9 Å². The maximum Gasteiger partial charge on any atom is 0.319 e. The molecule has 3 heterocycles. The van der Waals surface area contributed by atoms with Gasteiger partial charge in [-0.15, -0.1) is 0 Å². The largest absolute Gasteiger partial charge is 0.377 e. The van der Waals surface area contributed by atoms with Crippen LogP contribution in [0.5, 0.6) is 0 Å². The quantitative estimate of drug-likeness (QED) is 0.569. The molecule has 5 rings (SSSR count). The summed E-state index contributed by atoms with van der Waals surface area (Å²) in [6, 6.07) is 7.62. The molecule has 1 aliphatic carbocycles. The van der Waals surface area contributed by atoms with Crippen LogP contribution in [0.3, 0.4) is 0 Å². The predicted molar refractivity (Wildman–Crippen MR) is 121 cm³/mol. The first kappa shape index (κ1) is 20.5. The van der Waals surface area contributed by atoms with E-state index in [2.05, 4.69) is 27.4 Å². The molecule has 166 valence electrons. The first-order valence-corrected chi connectivity index (χ1v) is 12.4. The van der Waals surface area contributed by atoms with E-state index in [-0.39, 0.29) is 23.6 Å². The predicted octanol–water partition coefficient (Wildman–Crippen LogP) is 3.42. The molecular formula is C21H27N5O4S. The molecule has 0 spiro atoms. The van der Waals surface area contributed by atoms with Gasteiger partial charge in [0, 0.05) is 29.4 Å². The molecule has 1 aromatic carbocycles. The van der Waals surface area contributed by atoms with E-state index >= 15 is 0 Å². The van der Waals surface area contributed by atoms with Gasteiger partial charge in [-0.3, -0.25) is 9.11 Å². The highest BCUT2D eigenvalue weighted by Crippen LogP contribution is 2.54. The minimum absolute atomic E-state index is 0.138. The molecule has 2 fully saturated rings. The van der Waals surface area contributed by atoms with Crippen molar-refractivity contribution in [3.8, 4) is 11.4 Å². The Hall–Kier alpha value is -2.40. The van der Waals surface area contributed by atoms with E-state index in [0.29, 0.717) is 43.0 Å². The summed E-state index contributed by atoms with van der Waals surface area (Å²) in [5.41, 5.74) is 3.03. The number of hydrogen-bond acceptors (Lipinski definition) is 7. The van der Waals surface area contributed by atoms with Crippen LogP contribution >= 0.6 is 10.6 Å². The average molecular weight is 446 g/mol. The van der Waals surface area contributed by atoms with Crippen molar-refractivity contribution in [2.75, 3.05) is 30.0 Å². The van der Waals surface area contributed by atoms with Crippen molar-refractivity contribution in [1.29, 1.82) is 0 Å². The molecule has 1 saturated heterocycles. The minimum Gasteiger partial charge on any atom is -0.377 e. The summed E-state index contributed by atoms with van der Waals surface area (Å²) in [5.74, 6) is 1.66. The summed E-state index contributed by atoms with van der Waals surface area (Å²) in [4.78, 5) is 23.6. The fraction of sp³-hybridized carbons (Fsp3) is 0.476. The van der Waals surface area contributed by atoms with Gasteiger partial charge < -0.3 is 20.3 Å². The average Bonchev–Trinajstić information content (AvgIpc) is 3.47. The zero-order valence-corrected chi connectivity index (χ0v) is 18.2. The number of nitrogens with one attached hydrogen (secondary N) is 2. The van der Waals surface area contributed by atoms with Gasteiger partial charge in [-0.05, 0) is 44.0 Å². The highest BCUT2D eigenvalue weighted by molar-refractivity contribution is 8.23. The van der Waals surface area contributed by atoms with Gasteiger partial charge in [0.2, 0.25) is 0 Å². The van der Waals surface area contributed by atoms with E-state index in [4.69, 9.17) is 9.72 Å². The highest BCUT2D eigenvalue weighted by atomic mass is 32.3. The van der Waals surface area contributed by atoms with E-state index in [9.17, 15) is 13.9 Å². The molecular weight excluding hydrogens is 418 g/mol. The van der Waals surface area contributed by atoms with E-state index in [1.165, 1.54) is 0 Å². The van der Waals surface area contributed by atoms with Gasteiger partial charge in [-0.1, -0.05) is 0 Å². The number of nitrogens with zero attached hydrogens (tertiary/aromatic N) is 3. The third-order valence-corrected chi connectivity index (χ3v) is 7.25. The van der Waals surface area contributed by atoms with E-state index in [1.54, 1.807) is 0 Å². The van der Waals surface area contributed by atoms with Gasteiger partial charge in [0.25, 0.3) is 0 Å². The van der Waals surface area contributed by atoms with Gasteiger partial charge in [0.15, 0.2) is 5.82 Å². The third-order valence-electron chi connectivity index (χ3n) is 5.77. The van der Waals surface area contributed by atoms with Crippen LogP contribution < -0.4 is 15.5 Å². The minimum atomic E-state index is -2.72. The Morgan fingerprint density at radius 3 is 2.68 bits per heavy atom. The number of hydrogen-bond donors (Lipinski definition) is 4. The molecule has 31 heavy (non-hydrogen) atoms. The summed E-state index contributed by atoms with van der Waals surface area (Å²) < 4.78 is 26.2. The van der Waals surface area contributed by atoms with E-state index in [0.717, 1.165) is 29.8 Å². The first-order chi connectivity index (χ1) is 14.9. The Labute approximate surface area is 182 Å². The van der Waals surface area contributed by atoms with Crippen molar-refractivity contribution >= 4 is 28.1 Å². The van der Waals surface area contributed by atoms with Gasteiger partial charge in [-0.25, -0.2) is 14.8 Å². The third kappa shape index (κ3) is 4.47. The van der Waals surface area contributed by atoms with Crippen LogP contribution in [0.1, 0.15) is 31.0 Å². The van der Waals surface area contributed by atoms with Crippen LogP contribution in [0.25, 0.3) is 11.4 Å². The number of carbonyl (C=O) groups is 1. The molecule has 2 aliphatic heterocycles. The van der Waals surface area contributed by atoms with Crippen LogP contribution in [0.2, 0.25) is 0 Å². The van der Waals surface area contributed by atoms with E-state index < -0.39 is 10.6 Å². The normalized spacial score (nSPS) is 23.2. The number of aromatic nitrogens is 2. The fourth-order valence-corrected chi connectivity index (χ4v) is 5.51. The first-order valence-electron chi connectivity index (χ1n) is 10.5. The molecule has 1 saturated carbocycles. The lowest BCUT2D eigenvalue weighted by molar-refractivity contribution is 0.0984. The van der Waals surface area contributed by atoms with Crippen molar-refractivity contribution < 1.29 is 18.6 Å². The number of urea groups is 1. The molecule has 0 bridgehead atoms. The molecule has 4 N–H and O–H groups in total. The summed E-state index contributed by atoms with van der Waals surface area (Å²) in [7, 11) is -2.72. The molecule has 0 radical (unpaired) electrons. The Morgan fingerprint density at radius 2 is 1.97 bits per heavy atom. The second-order valence-corrected chi connectivity index (χ2v) is 10.6. The number of rotatable bonds is 4. The molecule has 9 nitrogen and oxygen atoms in total. The fourth-order valence-electron chi connectivity index (χ4n) is 3.98. The zero-order chi connectivity index (χ0) is 21.6. The number of morpholine rings is 1. The maximum absolute atomic E-state index is 11.9. The van der Waals surface area contributed by atoms with Crippen LogP contribution in [-0.2, 0) is 16.2 Å². The van der Waals surface area contributed by atoms with Crippen molar-refractivity contribution in [2.24, 2.45) is 0 Å². The molecule has 10 heteroatoms. The lowest BCUT2D eigenvalue weighted by atomic mass is 10.1. The molecule has 1 aromatic heterocycles. The number of fused-ring (bicyclic) bond motifs is 1. The Morgan fingerprint density at radius 1 is 1.19 bits per heavy atom. The van der Waals surface area contributed by atoms with Crippen molar-refractivity contribution in [2.45, 2.75) is 43.4 Å². The van der Waals surface area contributed by atoms with Crippen molar-refractivity contribution in [3.63, 3.8) is 0 Å². The van der Waals surface area contributed by atoms with Crippen LogP contribution in [0, 0.1) is 0 Å². The molecule has 1 atom stereocenters. The van der Waals surface area contributed by atoms with Crippen LogP contribution in [0.15, 0.2) is 24.3 Å². The Bertz CT molecular complexity index is 996. The maximum atomic E-state index is 11.9. The summed E-state index contributed by atoms with van der Waals surface area (Å²) in [6.07, 6.45) is 2.08. The lowest BCUT2D eigenvalue weighted by Gasteiger charge is -2.35. The molecule has 1 unspecified atom stereocenters. The number of anilines is 2. The molecule has 2 amide bonds. The van der Waals surface area contributed by atoms with Gasteiger partial charge in [0.05, 0.1) is 36.5 Å². The van der Waals surface area contributed by atoms with Gasteiger partial charge >= 0.3 is 6.03 Å². The van der Waals surface area contributed by atoms with Crippen molar-refractivity contribution in [3.05, 3.63) is 35.5 Å². The second kappa shape index (κ2) is 7.94. The van der Waals surface area contributed by atoms with Crippen LogP contribution in [0.4, 0.5) is 16.3 Å². The standard InChI is InChI=1S/C21H27N5O4S/c1-13-10-30-9-8-26(13)20-17-11-31(28,29)12-18(17)24-19(25-20)14-2-4-15(5-3-14)22-21(27)23-16-6-7-16/h2-5,13,16,28-29H,6-12H2,1H3,(H2,22,23,27). The number of benzene rings is 1. The SMILES string of the molecule is CC1COCCN1c1nc(-c2ccc(NC(=O)NC3CC3)cc2)nc2c1CS(O)(O)C2. The smallest absolute Gasteiger partial charge is 0.319 e. The van der Waals surface area contributed by atoms with Crippen molar-refractivity contribution in [1.82, 2.24) is 15.3 Å². The number of amides is 2. The Balaban J connectivity index is 1.44. The Kier molecular flexibility index (Phi) is 5.25.